The monoisotopic (exact) mass is 462 g/mol. The quantitative estimate of drug-likeness (QED) is 0.224. The predicted octanol–water partition coefficient (Wildman–Crippen LogP) is 5.20. The Morgan fingerprint density at radius 3 is 2.41 bits per heavy atom. The fourth-order valence-corrected chi connectivity index (χ4v) is 3.41. The number of esters is 2. The molecule has 0 saturated carbocycles. The van der Waals surface area contributed by atoms with Gasteiger partial charge in [0, 0.05) is 10.9 Å². The first-order valence-electron chi connectivity index (χ1n) is 10.3. The van der Waals surface area contributed by atoms with Gasteiger partial charge >= 0.3 is 11.9 Å². The van der Waals surface area contributed by atoms with Gasteiger partial charge in [0.15, 0.2) is 0 Å². The van der Waals surface area contributed by atoms with Gasteiger partial charge in [-0.1, -0.05) is 6.07 Å². The lowest BCUT2D eigenvalue weighted by molar-refractivity contribution is 0.0528. The molecule has 0 aliphatic carbocycles. The zero-order valence-corrected chi connectivity index (χ0v) is 18.3. The number of carbonyl (C=O) groups excluding carboxylic acids is 2. The number of methoxy groups -OCH3 is 1. The molecule has 0 fully saturated rings. The molecule has 9 heteroatoms. The lowest BCUT2D eigenvalue weighted by Gasteiger charge is -2.21. The van der Waals surface area contributed by atoms with Crippen LogP contribution in [-0.2, 0) is 4.74 Å². The first-order chi connectivity index (χ1) is 16.4. The van der Waals surface area contributed by atoms with E-state index in [0.29, 0.717) is 28.0 Å². The molecule has 0 radical (unpaired) electrons. The molecule has 3 aromatic carbocycles. The van der Waals surface area contributed by atoms with Gasteiger partial charge in [0.1, 0.15) is 28.4 Å². The van der Waals surface area contributed by atoms with Crippen LogP contribution >= 0.6 is 0 Å². The smallest absolute Gasteiger partial charge is 0.343 e. The molecule has 4 rings (SSSR count). The molecule has 1 heterocycles. The molecule has 0 aliphatic heterocycles. The number of nitrogens with zero attached hydrogens (tertiary/aromatic N) is 1. The van der Waals surface area contributed by atoms with Gasteiger partial charge < -0.3 is 29.1 Å². The van der Waals surface area contributed by atoms with E-state index in [1.807, 2.05) is 0 Å². The van der Waals surface area contributed by atoms with Crippen molar-refractivity contribution in [2.24, 2.45) is 0 Å². The number of hydrogen-bond acceptors (Lipinski definition) is 9. The molecule has 174 valence electrons. The first kappa shape index (κ1) is 22.8. The van der Waals surface area contributed by atoms with Crippen molar-refractivity contribution in [3.05, 3.63) is 83.1 Å². The summed E-state index contributed by atoms with van der Waals surface area (Å²) in [5, 5.41) is 20.2. The summed E-state index contributed by atoms with van der Waals surface area (Å²) in [5.41, 5.74) is 1.18. The highest BCUT2D eigenvalue weighted by molar-refractivity contribution is 6.09. The summed E-state index contributed by atoms with van der Waals surface area (Å²) in [5.74, 6) is -0.220. The fraction of sp³-hybridized carbons (Fsp3) is 0.120. The molecule has 0 unspecified atom stereocenters. The van der Waals surface area contributed by atoms with E-state index in [0.717, 1.165) is 0 Å². The Morgan fingerprint density at radius 1 is 1.00 bits per heavy atom. The minimum absolute atomic E-state index is 0.0595. The van der Waals surface area contributed by atoms with Gasteiger partial charge in [-0.25, -0.2) is 9.59 Å². The summed E-state index contributed by atoms with van der Waals surface area (Å²) >= 11 is 0. The Morgan fingerprint density at radius 2 is 1.74 bits per heavy atom. The van der Waals surface area contributed by atoms with Crippen LogP contribution in [0.15, 0.2) is 71.1 Å². The highest BCUT2D eigenvalue weighted by atomic mass is 16.8. The van der Waals surface area contributed by atoms with Crippen molar-refractivity contribution in [3.8, 4) is 22.8 Å². The number of carbonyl (C=O) groups is 2. The van der Waals surface area contributed by atoms with Crippen LogP contribution in [0.5, 0.6) is 11.5 Å². The van der Waals surface area contributed by atoms with Crippen molar-refractivity contribution < 1.29 is 33.4 Å². The van der Waals surface area contributed by atoms with Crippen LogP contribution in [0.4, 0.5) is 5.69 Å². The third kappa shape index (κ3) is 4.56. The SMILES string of the molecule is CCOC(=O)c1c(-c2ccc(OC)cc2)oc2ccc(OC(=O)c3cccc(N([O-])O)c3)cc12. The Balaban J connectivity index is 1.73. The zero-order chi connectivity index (χ0) is 24.2. The molecule has 9 nitrogen and oxygen atoms in total. The van der Waals surface area contributed by atoms with Gasteiger partial charge in [-0.2, -0.15) is 0 Å². The molecular weight excluding hydrogens is 442 g/mol. The minimum Gasteiger partial charge on any atom is -0.733 e. The van der Waals surface area contributed by atoms with Gasteiger partial charge in [0.25, 0.3) is 0 Å². The molecule has 0 amide bonds. The molecule has 1 aromatic heterocycles. The molecule has 0 saturated heterocycles. The average molecular weight is 462 g/mol. The summed E-state index contributed by atoms with van der Waals surface area (Å²) < 4.78 is 21.8. The van der Waals surface area contributed by atoms with Crippen molar-refractivity contribution >= 4 is 28.6 Å². The van der Waals surface area contributed by atoms with E-state index in [1.165, 1.54) is 36.4 Å². The topological polar surface area (TPSA) is 122 Å². The van der Waals surface area contributed by atoms with Crippen LogP contribution in [0.3, 0.4) is 0 Å². The van der Waals surface area contributed by atoms with E-state index >= 15 is 0 Å². The Kier molecular flexibility index (Phi) is 6.48. The first-order valence-corrected chi connectivity index (χ1v) is 10.3. The second-order valence-corrected chi connectivity index (χ2v) is 7.13. The van der Waals surface area contributed by atoms with Crippen LogP contribution in [-0.4, -0.2) is 30.9 Å². The van der Waals surface area contributed by atoms with Crippen LogP contribution in [0.2, 0.25) is 0 Å². The number of benzene rings is 3. The summed E-state index contributed by atoms with van der Waals surface area (Å²) in [4.78, 5) is 25.4. The molecule has 0 atom stereocenters. The molecule has 0 bridgehead atoms. The standard InChI is InChI=1S/C25H20NO8/c1-3-32-25(28)22-20-14-19(33-24(27)16-5-4-6-17(13-16)26(29)30)11-12-21(20)34-23(22)15-7-9-18(31-2)10-8-15/h4-14,29H,3H2,1-2H3/q-1. The summed E-state index contributed by atoms with van der Waals surface area (Å²) in [6.07, 6.45) is 0. The number of furan rings is 1. The largest absolute Gasteiger partial charge is 0.733 e. The predicted molar refractivity (Wildman–Crippen MR) is 123 cm³/mol. The van der Waals surface area contributed by atoms with Crippen LogP contribution in [0.1, 0.15) is 27.6 Å². The van der Waals surface area contributed by atoms with E-state index < -0.39 is 11.9 Å². The maximum atomic E-state index is 12.8. The number of rotatable bonds is 7. The highest BCUT2D eigenvalue weighted by Gasteiger charge is 2.24. The van der Waals surface area contributed by atoms with Gasteiger partial charge in [0.05, 0.1) is 25.0 Å². The Bertz CT molecular complexity index is 1340. The number of ether oxygens (including phenoxy) is 3. The van der Waals surface area contributed by atoms with E-state index in [9.17, 15) is 14.8 Å². The molecule has 0 spiro atoms. The van der Waals surface area contributed by atoms with Gasteiger partial charge in [0.2, 0.25) is 0 Å². The molecule has 34 heavy (non-hydrogen) atoms. The van der Waals surface area contributed by atoms with Crippen molar-refractivity contribution in [2.45, 2.75) is 6.92 Å². The second kappa shape index (κ2) is 9.65. The molecule has 4 aromatic rings. The van der Waals surface area contributed by atoms with Crippen molar-refractivity contribution in [1.29, 1.82) is 0 Å². The van der Waals surface area contributed by atoms with E-state index in [2.05, 4.69) is 0 Å². The maximum absolute atomic E-state index is 12.8. The zero-order valence-electron chi connectivity index (χ0n) is 18.3. The normalized spacial score (nSPS) is 10.7. The lowest BCUT2D eigenvalue weighted by Crippen LogP contribution is -2.11. The maximum Gasteiger partial charge on any atom is 0.343 e. The number of anilines is 1. The van der Waals surface area contributed by atoms with Gasteiger partial charge in [-0.15, -0.1) is 0 Å². The fourth-order valence-electron chi connectivity index (χ4n) is 3.41. The third-order valence-corrected chi connectivity index (χ3v) is 5.00. The van der Waals surface area contributed by atoms with E-state index in [4.69, 9.17) is 23.8 Å². The number of fused-ring (bicyclic) bond motifs is 1. The van der Waals surface area contributed by atoms with Crippen LogP contribution in [0.25, 0.3) is 22.3 Å². The van der Waals surface area contributed by atoms with Crippen molar-refractivity contribution in [3.63, 3.8) is 0 Å². The Labute approximate surface area is 194 Å². The van der Waals surface area contributed by atoms with Gasteiger partial charge in [-0.05, 0) is 67.6 Å². The minimum atomic E-state index is -0.750. The third-order valence-electron chi connectivity index (χ3n) is 5.00. The lowest BCUT2D eigenvalue weighted by atomic mass is 10.1. The second-order valence-electron chi connectivity index (χ2n) is 7.13. The van der Waals surface area contributed by atoms with Crippen molar-refractivity contribution in [2.75, 3.05) is 18.9 Å². The average Bonchev–Trinajstić information content (AvgIpc) is 3.23. The Hall–Kier alpha value is -4.34. The van der Waals surface area contributed by atoms with E-state index in [1.54, 1.807) is 44.4 Å². The van der Waals surface area contributed by atoms with Crippen LogP contribution in [0, 0.1) is 5.21 Å². The molecule has 0 aliphatic rings. The van der Waals surface area contributed by atoms with E-state index in [-0.39, 0.29) is 34.4 Å². The summed E-state index contributed by atoms with van der Waals surface area (Å²) in [7, 11) is 1.56. The highest BCUT2D eigenvalue weighted by Crippen LogP contribution is 2.37. The summed E-state index contributed by atoms with van der Waals surface area (Å²) in [6.45, 7) is 1.87. The molecular formula is C25H20NO8-. The van der Waals surface area contributed by atoms with Crippen molar-refractivity contribution in [1.82, 2.24) is 0 Å². The van der Waals surface area contributed by atoms with Gasteiger partial charge in [-0.3, -0.25) is 5.21 Å². The summed E-state index contributed by atoms with van der Waals surface area (Å²) in [6, 6.07) is 17.0. The molecule has 1 N–H and O–H groups in total. The number of hydrogen-bond donors (Lipinski definition) is 1. The van der Waals surface area contributed by atoms with Crippen LogP contribution < -0.4 is 14.7 Å².